The summed E-state index contributed by atoms with van der Waals surface area (Å²) in [6.07, 6.45) is 0.475. The van der Waals surface area contributed by atoms with E-state index in [1.165, 1.54) is 4.90 Å². The molecular weight excluding hydrogens is 417 g/mol. The van der Waals surface area contributed by atoms with Gasteiger partial charge in [0.05, 0.1) is 0 Å². The van der Waals surface area contributed by atoms with E-state index in [1.54, 1.807) is 0 Å². The molecule has 2 N–H and O–H groups in total. The van der Waals surface area contributed by atoms with E-state index < -0.39 is 18.5 Å². The van der Waals surface area contributed by atoms with Gasteiger partial charge in [-0.1, -0.05) is 6.07 Å². The third-order valence-electron chi connectivity index (χ3n) is 6.59. The monoisotopic (exact) mass is 442 g/mol. The molecule has 1 aromatic carbocycles. The Kier molecular flexibility index (Phi) is 5.20. The third-order valence-corrected chi connectivity index (χ3v) is 6.59. The smallest absolute Gasteiger partial charge is 0.346 e. The number of aromatic amines is 1. The average molecular weight is 442 g/mol. The van der Waals surface area contributed by atoms with Gasteiger partial charge in [0.1, 0.15) is 12.1 Å². The molecule has 0 saturated carbocycles. The number of aryl methyl sites for hydroxylation is 1. The van der Waals surface area contributed by atoms with Gasteiger partial charge in [-0.05, 0) is 72.7 Å². The van der Waals surface area contributed by atoms with Crippen LogP contribution in [0, 0.1) is 6.92 Å². The van der Waals surface area contributed by atoms with Crippen molar-refractivity contribution in [2.45, 2.75) is 51.4 Å². The number of nitrogens with zero attached hydrogens (tertiary/aromatic N) is 2. The highest BCUT2D eigenvalue weighted by Gasteiger charge is 2.35. The van der Waals surface area contributed by atoms with Crippen LogP contribution in [-0.2, 0) is 17.8 Å². The van der Waals surface area contributed by atoms with Crippen LogP contribution < -0.4 is 5.32 Å². The van der Waals surface area contributed by atoms with Gasteiger partial charge in [-0.2, -0.15) is 13.2 Å². The Balaban J connectivity index is 1.54. The van der Waals surface area contributed by atoms with Gasteiger partial charge in [0, 0.05) is 42.5 Å². The first kappa shape index (κ1) is 21.0. The number of H-pyrrole nitrogens is 1. The molecule has 32 heavy (non-hydrogen) atoms. The predicted octanol–water partition coefficient (Wildman–Crippen LogP) is 4.80. The number of carbonyl (C=O) groups excluding carboxylic acids is 1. The van der Waals surface area contributed by atoms with E-state index in [0.717, 1.165) is 63.8 Å². The summed E-state index contributed by atoms with van der Waals surface area (Å²) in [4.78, 5) is 21.3. The van der Waals surface area contributed by atoms with Crippen molar-refractivity contribution in [2.75, 3.05) is 13.1 Å². The van der Waals surface area contributed by atoms with Crippen molar-refractivity contribution in [3.8, 4) is 11.1 Å². The lowest BCUT2D eigenvalue weighted by Gasteiger charge is -2.32. The molecule has 0 bridgehead atoms. The number of amides is 1. The fourth-order valence-electron chi connectivity index (χ4n) is 4.91. The van der Waals surface area contributed by atoms with Crippen molar-refractivity contribution >= 4 is 16.9 Å². The Morgan fingerprint density at radius 2 is 2.09 bits per heavy atom. The average Bonchev–Trinajstić information content (AvgIpc) is 3.41. The maximum atomic E-state index is 12.8. The van der Waals surface area contributed by atoms with Crippen LogP contribution in [0.2, 0.25) is 0 Å². The van der Waals surface area contributed by atoms with Crippen molar-refractivity contribution < 1.29 is 18.0 Å². The molecule has 5 nitrogen and oxygen atoms in total. The summed E-state index contributed by atoms with van der Waals surface area (Å²) >= 11 is 0. The summed E-state index contributed by atoms with van der Waals surface area (Å²) in [5.74, 6) is -0.852. The Hall–Kier alpha value is -2.87. The first-order valence-corrected chi connectivity index (χ1v) is 11.0. The van der Waals surface area contributed by atoms with Gasteiger partial charge in [0.25, 0.3) is 0 Å². The van der Waals surface area contributed by atoms with Crippen LogP contribution in [0.5, 0.6) is 0 Å². The molecule has 0 unspecified atom stereocenters. The number of pyridine rings is 1. The third kappa shape index (κ3) is 3.99. The largest absolute Gasteiger partial charge is 0.397 e. The molecule has 1 amide bonds. The highest BCUT2D eigenvalue weighted by molar-refractivity contribution is 5.85. The highest BCUT2D eigenvalue weighted by atomic mass is 19.4. The molecule has 0 radical (unpaired) electrons. The lowest BCUT2D eigenvalue weighted by molar-refractivity contribution is -0.162. The fraction of sp³-hybridized carbons (Fsp3) is 0.417. The van der Waals surface area contributed by atoms with Crippen LogP contribution in [0.25, 0.3) is 22.2 Å². The number of halogens is 3. The number of hydrogen-bond donors (Lipinski definition) is 2. The Morgan fingerprint density at radius 1 is 1.25 bits per heavy atom. The molecule has 1 saturated heterocycles. The topological polar surface area (TPSA) is 61.0 Å². The SMILES string of the molecule is Cc1c[nH]c2ncc(-c3cc4c(c([C@@H]5CCCN5)c3)CN(C(=O)CC(F)(F)F)CC4)cc12. The minimum atomic E-state index is -4.49. The molecular formula is C24H25F3N4O. The van der Waals surface area contributed by atoms with E-state index in [1.807, 2.05) is 19.3 Å². The summed E-state index contributed by atoms with van der Waals surface area (Å²) < 4.78 is 38.3. The molecule has 3 aromatic rings. The minimum Gasteiger partial charge on any atom is -0.346 e. The maximum Gasteiger partial charge on any atom is 0.397 e. The number of benzene rings is 1. The number of alkyl halides is 3. The van der Waals surface area contributed by atoms with Gasteiger partial charge in [-0.3, -0.25) is 4.79 Å². The quantitative estimate of drug-likeness (QED) is 0.613. The van der Waals surface area contributed by atoms with Crippen molar-refractivity contribution in [1.29, 1.82) is 0 Å². The lowest BCUT2D eigenvalue weighted by Crippen LogP contribution is -2.39. The second-order valence-electron chi connectivity index (χ2n) is 8.80. The van der Waals surface area contributed by atoms with Crippen LogP contribution in [0.1, 0.15) is 47.6 Å². The number of aromatic nitrogens is 2. The molecule has 8 heteroatoms. The molecule has 0 aliphatic carbocycles. The number of nitrogens with one attached hydrogen (secondary N) is 2. The molecule has 1 fully saturated rings. The van der Waals surface area contributed by atoms with Crippen molar-refractivity contribution in [2.24, 2.45) is 0 Å². The zero-order chi connectivity index (χ0) is 22.5. The number of hydrogen-bond acceptors (Lipinski definition) is 3. The van der Waals surface area contributed by atoms with Crippen LogP contribution >= 0.6 is 0 Å². The van der Waals surface area contributed by atoms with E-state index in [4.69, 9.17) is 0 Å². The van der Waals surface area contributed by atoms with Crippen molar-refractivity contribution in [3.63, 3.8) is 0 Å². The summed E-state index contributed by atoms with van der Waals surface area (Å²) in [6.45, 7) is 3.48. The molecule has 168 valence electrons. The van der Waals surface area contributed by atoms with E-state index in [-0.39, 0.29) is 12.6 Å². The molecule has 0 spiro atoms. The predicted molar refractivity (Wildman–Crippen MR) is 116 cm³/mol. The zero-order valence-electron chi connectivity index (χ0n) is 17.9. The van der Waals surface area contributed by atoms with E-state index in [9.17, 15) is 18.0 Å². The molecule has 4 heterocycles. The van der Waals surface area contributed by atoms with Gasteiger partial charge in [-0.15, -0.1) is 0 Å². The fourth-order valence-corrected chi connectivity index (χ4v) is 4.91. The Bertz CT molecular complexity index is 1180. The second-order valence-corrected chi connectivity index (χ2v) is 8.80. The van der Waals surface area contributed by atoms with E-state index in [0.29, 0.717) is 13.0 Å². The number of carbonyl (C=O) groups is 1. The van der Waals surface area contributed by atoms with Gasteiger partial charge in [0.15, 0.2) is 0 Å². The Labute approximate surface area is 184 Å². The van der Waals surface area contributed by atoms with Crippen LogP contribution in [0.3, 0.4) is 0 Å². The van der Waals surface area contributed by atoms with Gasteiger partial charge >= 0.3 is 6.18 Å². The van der Waals surface area contributed by atoms with E-state index >= 15 is 0 Å². The van der Waals surface area contributed by atoms with Crippen molar-refractivity contribution in [1.82, 2.24) is 20.2 Å². The highest BCUT2D eigenvalue weighted by Crippen LogP contribution is 2.36. The first-order valence-electron chi connectivity index (χ1n) is 11.0. The van der Waals surface area contributed by atoms with Gasteiger partial charge < -0.3 is 15.2 Å². The molecule has 2 aromatic heterocycles. The first-order chi connectivity index (χ1) is 15.3. The van der Waals surface area contributed by atoms with Crippen LogP contribution in [0.15, 0.2) is 30.6 Å². The molecule has 2 aliphatic heterocycles. The standard InChI is InChI=1S/C24H25F3N4O/c1-14-11-29-23-18(14)9-17(12-30-23)16-7-15-4-6-31(22(32)10-24(25,26)27)13-20(15)19(8-16)21-3-2-5-28-21/h7-9,11-12,21,28H,2-6,10,13H2,1H3,(H,29,30)/t21-/m0/s1. The lowest BCUT2D eigenvalue weighted by atomic mass is 9.87. The van der Waals surface area contributed by atoms with Crippen LogP contribution in [-0.4, -0.2) is 40.0 Å². The summed E-state index contributed by atoms with van der Waals surface area (Å²) in [5.41, 5.74) is 7.22. The van der Waals surface area contributed by atoms with Crippen molar-refractivity contribution in [3.05, 3.63) is 52.8 Å². The zero-order valence-corrected chi connectivity index (χ0v) is 17.9. The summed E-state index contributed by atoms with van der Waals surface area (Å²) in [7, 11) is 0. The van der Waals surface area contributed by atoms with Gasteiger partial charge in [0.2, 0.25) is 5.91 Å². The second kappa shape index (κ2) is 7.92. The number of rotatable bonds is 3. The minimum absolute atomic E-state index is 0.145. The molecule has 1 atom stereocenters. The summed E-state index contributed by atoms with van der Waals surface area (Å²) in [5, 5.41) is 4.59. The van der Waals surface area contributed by atoms with E-state index in [2.05, 4.69) is 33.5 Å². The van der Waals surface area contributed by atoms with Crippen LogP contribution in [0.4, 0.5) is 13.2 Å². The molecule has 5 rings (SSSR count). The Morgan fingerprint density at radius 3 is 2.84 bits per heavy atom. The maximum absolute atomic E-state index is 12.8. The van der Waals surface area contributed by atoms with Gasteiger partial charge in [-0.25, -0.2) is 4.98 Å². The normalized spacial score (nSPS) is 18.9. The number of fused-ring (bicyclic) bond motifs is 2. The summed E-state index contributed by atoms with van der Waals surface area (Å²) in [6, 6.07) is 6.52. The molecule has 2 aliphatic rings.